The van der Waals surface area contributed by atoms with Crippen molar-refractivity contribution in [3.8, 4) is 0 Å². The zero-order valence-electron chi connectivity index (χ0n) is 4.63. The molecule has 0 bridgehead atoms. The minimum absolute atomic E-state index is 0. The Morgan fingerprint density at radius 1 is 1.29 bits per heavy atom. The quantitative estimate of drug-likeness (QED) is 0.522. The molecule has 0 amide bonds. The number of rotatable bonds is 3. The maximum Gasteiger partial charge on any atom is 0.0431 e. The summed E-state index contributed by atoms with van der Waals surface area (Å²) in [7, 11) is 0. The van der Waals surface area contributed by atoms with Gasteiger partial charge in [0.2, 0.25) is 0 Å². The number of unbranched alkanes of at least 4 members (excludes halogenated alkanes) is 2. The minimum atomic E-state index is 0. The molecule has 0 aromatic carbocycles. The Hall–Kier alpha value is 0.583. The molecule has 0 aromatic heterocycles. The van der Waals surface area contributed by atoms with E-state index in [4.69, 9.17) is 5.11 Å². The van der Waals surface area contributed by atoms with Crippen molar-refractivity contribution in [2.75, 3.05) is 6.61 Å². The molecule has 0 spiro atoms. The fourth-order valence-electron chi connectivity index (χ4n) is 0.362. The van der Waals surface area contributed by atoms with Crippen LogP contribution in [0.3, 0.4) is 0 Å². The van der Waals surface area contributed by atoms with Gasteiger partial charge in [-0.25, -0.2) is 0 Å². The van der Waals surface area contributed by atoms with Crippen molar-refractivity contribution in [3.05, 3.63) is 0 Å². The third-order valence-electron chi connectivity index (χ3n) is 0.762. The van der Waals surface area contributed by atoms with E-state index < -0.39 is 0 Å². The normalized spacial score (nSPS) is 7.71. The largest absolute Gasteiger partial charge is 0.396 e. The summed E-state index contributed by atoms with van der Waals surface area (Å²) in [6.45, 7) is 2.48. The van der Waals surface area contributed by atoms with Crippen LogP contribution >= 0.6 is 0 Å². The number of hydrogen-bond donors (Lipinski definition) is 1. The second kappa shape index (κ2) is 9.77. The molecule has 0 saturated carbocycles. The van der Waals surface area contributed by atoms with Crippen molar-refractivity contribution in [1.82, 2.24) is 0 Å². The van der Waals surface area contributed by atoms with Gasteiger partial charge in [-0.2, -0.15) is 0 Å². The van der Waals surface area contributed by atoms with E-state index in [9.17, 15) is 0 Å². The van der Waals surface area contributed by atoms with E-state index >= 15 is 0 Å². The fraction of sp³-hybridized carbons (Fsp3) is 1.00. The molecule has 0 radical (unpaired) electrons. The monoisotopic (exact) mass is 190 g/mol. The van der Waals surface area contributed by atoms with Crippen LogP contribution in [-0.2, 0) is 19.5 Å². The summed E-state index contributed by atoms with van der Waals surface area (Å²) in [5.41, 5.74) is 0. The SMILES string of the molecule is CCCCCO.[Ru]. The Labute approximate surface area is 57.9 Å². The molecule has 1 N–H and O–H groups in total. The first-order chi connectivity index (χ1) is 2.91. The van der Waals surface area contributed by atoms with Crippen LogP contribution in [0.4, 0.5) is 0 Å². The summed E-state index contributed by atoms with van der Waals surface area (Å²) >= 11 is 0. The fourth-order valence-corrected chi connectivity index (χ4v) is 0.362. The molecule has 0 aliphatic carbocycles. The maximum atomic E-state index is 8.20. The molecule has 0 aromatic rings. The second-order valence-electron chi connectivity index (χ2n) is 1.43. The molecule has 0 aliphatic rings. The van der Waals surface area contributed by atoms with E-state index in [-0.39, 0.29) is 19.5 Å². The molecule has 0 fully saturated rings. The summed E-state index contributed by atoms with van der Waals surface area (Å²) in [4.78, 5) is 0. The average molecular weight is 189 g/mol. The molecule has 0 unspecified atom stereocenters. The molecule has 0 saturated heterocycles. The van der Waals surface area contributed by atoms with E-state index in [1.165, 1.54) is 6.42 Å². The van der Waals surface area contributed by atoms with Crippen molar-refractivity contribution < 1.29 is 24.6 Å². The van der Waals surface area contributed by atoms with Crippen LogP contribution in [0.25, 0.3) is 0 Å². The van der Waals surface area contributed by atoms with Crippen molar-refractivity contribution in [2.45, 2.75) is 26.2 Å². The molecule has 46 valence electrons. The average Bonchev–Trinajstić information content (AvgIpc) is 1.61. The van der Waals surface area contributed by atoms with Gasteiger partial charge in [0, 0.05) is 26.1 Å². The van der Waals surface area contributed by atoms with Gasteiger partial charge in [-0.3, -0.25) is 0 Å². The van der Waals surface area contributed by atoms with E-state index in [1.807, 2.05) is 0 Å². The van der Waals surface area contributed by atoms with Gasteiger partial charge in [-0.05, 0) is 6.42 Å². The summed E-state index contributed by atoms with van der Waals surface area (Å²) in [6.07, 6.45) is 3.33. The summed E-state index contributed by atoms with van der Waals surface area (Å²) in [5.74, 6) is 0. The molecule has 0 heterocycles. The topological polar surface area (TPSA) is 20.2 Å². The Bertz CT molecular complexity index is 20.0. The summed E-state index contributed by atoms with van der Waals surface area (Å²) < 4.78 is 0. The van der Waals surface area contributed by atoms with E-state index in [1.54, 1.807) is 0 Å². The predicted molar refractivity (Wildman–Crippen MR) is 26.6 cm³/mol. The summed E-state index contributed by atoms with van der Waals surface area (Å²) in [5, 5.41) is 8.20. The van der Waals surface area contributed by atoms with Crippen LogP contribution in [0.2, 0.25) is 0 Å². The van der Waals surface area contributed by atoms with E-state index in [0.717, 1.165) is 12.8 Å². The number of aliphatic hydroxyl groups excluding tert-OH is 1. The Kier molecular flexibility index (Phi) is 14.7. The smallest absolute Gasteiger partial charge is 0.0431 e. The van der Waals surface area contributed by atoms with Crippen molar-refractivity contribution in [3.63, 3.8) is 0 Å². The van der Waals surface area contributed by atoms with Gasteiger partial charge < -0.3 is 5.11 Å². The first-order valence-corrected chi connectivity index (χ1v) is 2.52. The van der Waals surface area contributed by atoms with Crippen molar-refractivity contribution >= 4 is 0 Å². The molecule has 1 nitrogen and oxygen atoms in total. The zero-order valence-corrected chi connectivity index (χ0v) is 6.37. The molecule has 0 atom stereocenters. The third kappa shape index (κ3) is 10.8. The number of hydrogen-bond acceptors (Lipinski definition) is 1. The van der Waals surface area contributed by atoms with Crippen LogP contribution in [0.15, 0.2) is 0 Å². The predicted octanol–water partition coefficient (Wildman–Crippen LogP) is 1.17. The maximum absolute atomic E-state index is 8.20. The summed E-state index contributed by atoms with van der Waals surface area (Å²) in [6, 6.07) is 0. The van der Waals surface area contributed by atoms with Gasteiger partial charge in [0.15, 0.2) is 0 Å². The molecule has 0 aliphatic heterocycles. The van der Waals surface area contributed by atoms with Crippen molar-refractivity contribution in [1.29, 1.82) is 0 Å². The molecule has 7 heavy (non-hydrogen) atoms. The second-order valence-corrected chi connectivity index (χ2v) is 1.43. The molecule has 0 rings (SSSR count). The standard InChI is InChI=1S/C5H12O.Ru/c1-2-3-4-5-6;/h6H,2-5H2,1H3;. The van der Waals surface area contributed by atoms with E-state index in [0.29, 0.717) is 6.61 Å². The van der Waals surface area contributed by atoms with Gasteiger partial charge in [0.05, 0.1) is 0 Å². The molecular weight excluding hydrogens is 177 g/mol. The number of aliphatic hydroxyl groups is 1. The Balaban J connectivity index is 0. The third-order valence-corrected chi connectivity index (χ3v) is 0.762. The molecule has 2 heteroatoms. The van der Waals surface area contributed by atoms with E-state index in [2.05, 4.69) is 6.92 Å². The van der Waals surface area contributed by atoms with Gasteiger partial charge in [-0.15, -0.1) is 0 Å². The van der Waals surface area contributed by atoms with Gasteiger partial charge in [-0.1, -0.05) is 19.8 Å². The van der Waals surface area contributed by atoms with Crippen LogP contribution < -0.4 is 0 Å². The zero-order chi connectivity index (χ0) is 4.83. The van der Waals surface area contributed by atoms with Crippen LogP contribution in [0.5, 0.6) is 0 Å². The van der Waals surface area contributed by atoms with Crippen LogP contribution in [0.1, 0.15) is 26.2 Å². The van der Waals surface area contributed by atoms with Crippen LogP contribution in [0, 0.1) is 0 Å². The van der Waals surface area contributed by atoms with Crippen molar-refractivity contribution in [2.24, 2.45) is 0 Å². The minimum Gasteiger partial charge on any atom is -0.396 e. The van der Waals surface area contributed by atoms with Crippen LogP contribution in [-0.4, -0.2) is 11.7 Å². The Morgan fingerprint density at radius 2 is 1.86 bits per heavy atom. The van der Waals surface area contributed by atoms with Gasteiger partial charge in [0.1, 0.15) is 0 Å². The Morgan fingerprint density at radius 3 is 2.00 bits per heavy atom. The molecular formula is C5H12ORu. The first-order valence-electron chi connectivity index (χ1n) is 2.52. The van der Waals surface area contributed by atoms with Gasteiger partial charge >= 0.3 is 0 Å². The van der Waals surface area contributed by atoms with Gasteiger partial charge in [0.25, 0.3) is 0 Å². The first kappa shape index (κ1) is 10.5.